The third kappa shape index (κ3) is 2.87. The monoisotopic (exact) mass is 300 g/mol. The molecule has 6 heteroatoms. The van der Waals surface area contributed by atoms with Crippen molar-refractivity contribution < 1.29 is 9.90 Å². The van der Waals surface area contributed by atoms with E-state index in [4.69, 9.17) is 0 Å². The van der Waals surface area contributed by atoms with Gasteiger partial charge in [-0.2, -0.15) is 0 Å². The van der Waals surface area contributed by atoms with Crippen LogP contribution in [0.1, 0.15) is 30.1 Å². The van der Waals surface area contributed by atoms with Gasteiger partial charge in [0, 0.05) is 24.1 Å². The van der Waals surface area contributed by atoms with Crippen molar-refractivity contribution in [3.05, 3.63) is 42.2 Å². The molecule has 1 aliphatic heterocycles. The fraction of sp³-hybridized carbons (Fsp3) is 0.438. The van der Waals surface area contributed by atoms with Gasteiger partial charge in [0.2, 0.25) is 0 Å². The number of piperidine rings is 1. The van der Waals surface area contributed by atoms with Crippen LogP contribution < -0.4 is 0 Å². The Kier molecular flexibility index (Phi) is 3.94. The van der Waals surface area contributed by atoms with Gasteiger partial charge in [0.15, 0.2) is 0 Å². The summed E-state index contributed by atoms with van der Waals surface area (Å²) >= 11 is 0. The van der Waals surface area contributed by atoms with Crippen molar-refractivity contribution in [2.45, 2.75) is 19.8 Å². The van der Waals surface area contributed by atoms with Gasteiger partial charge < -0.3 is 10.0 Å². The first-order valence-corrected chi connectivity index (χ1v) is 7.48. The van der Waals surface area contributed by atoms with Gasteiger partial charge in [0.25, 0.3) is 5.91 Å². The van der Waals surface area contributed by atoms with E-state index in [0.29, 0.717) is 12.1 Å². The maximum Gasteiger partial charge on any atom is 0.253 e. The highest BCUT2D eigenvalue weighted by Crippen LogP contribution is 2.29. The molecule has 6 nitrogen and oxygen atoms in total. The number of aliphatic hydroxyl groups is 1. The number of likely N-dealkylation sites (tertiary alicyclic amines) is 1. The summed E-state index contributed by atoms with van der Waals surface area (Å²) in [6.07, 6.45) is 5.26. The van der Waals surface area contributed by atoms with Crippen LogP contribution in [-0.4, -0.2) is 50.6 Å². The van der Waals surface area contributed by atoms with E-state index in [0.717, 1.165) is 25.1 Å². The van der Waals surface area contributed by atoms with Crippen LogP contribution in [0.2, 0.25) is 0 Å². The zero-order valence-electron chi connectivity index (χ0n) is 12.6. The van der Waals surface area contributed by atoms with Crippen LogP contribution in [0.4, 0.5) is 0 Å². The van der Waals surface area contributed by atoms with Crippen molar-refractivity contribution in [2.24, 2.45) is 5.41 Å². The Balaban J connectivity index is 1.75. The fourth-order valence-corrected chi connectivity index (χ4v) is 2.90. The van der Waals surface area contributed by atoms with Crippen LogP contribution in [0.15, 0.2) is 36.7 Å². The molecule has 1 atom stereocenters. The molecular formula is C16H20N4O2. The highest BCUT2D eigenvalue weighted by Gasteiger charge is 2.32. The van der Waals surface area contributed by atoms with Gasteiger partial charge in [-0.1, -0.05) is 12.1 Å². The topological polar surface area (TPSA) is 71.2 Å². The second-order valence-electron chi connectivity index (χ2n) is 6.19. The molecule has 0 radical (unpaired) electrons. The Bertz CT molecular complexity index is 639. The van der Waals surface area contributed by atoms with E-state index in [1.807, 2.05) is 36.1 Å². The summed E-state index contributed by atoms with van der Waals surface area (Å²) in [5.74, 6) is 0.0181. The molecule has 1 saturated heterocycles. The molecule has 0 bridgehead atoms. The van der Waals surface area contributed by atoms with E-state index in [9.17, 15) is 9.90 Å². The largest absolute Gasteiger partial charge is 0.396 e. The number of aromatic nitrogens is 3. The van der Waals surface area contributed by atoms with E-state index in [2.05, 4.69) is 10.3 Å². The Morgan fingerprint density at radius 3 is 2.77 bits per heavy atom. The zero-order chi connectivity index (χ0) is 15.6. The minimum Gasteiger partial charge on any atom is -0.396 e. The SMILES string of the molecule is CC1(CO)CCCN(C(=O)c2ccc(-n3ccnn3)cc2)C1. The molecule has 3 rings (SSSR count). The first-order valence-electron chi connectivity index (χ1n) is 7.48. The first-order chi connectivity index (χ1) is 10.6. The number of carbonyl (C=O) groups is 1. The highest BCUT2D eigenvalue weighted by atomic mass is 16.3. The van der Waals surface area contributed by atoms with E-state index < -0.39 is 0 Å². The van der Waals surface area contributed by atoms with Crippen molar-refractivity contribution in [3.63, 3.8) is 0 Å². The van der Waals surface area contributed by atoms with Crippen molar-refractivity contribution in [2.75, 3.05) is 19.7 Å². The average Bonchev–Trinajstić information content (AvgIpc) is 3.09. The second kappa shape index (κ2) is 5.88. The molecule has 116 valence electrons. The van der Waals surface area contributed by atoms with Gasteiger partial charge in [-0.05, 0) is 37.1 Å². The summed E-state index contributed by atoms with van der Waals surface area (Å²) in [5.41, 5.74) is 1.34. The molecule has 1 fully saturated rings. The quantitative estimate of drug-likeness (QED) is 0.932. The van der Waals surface area contributed by atoms with Crippen molar-refractivity contribution in [1.29, 1.82) is 0 Å². The lowest BCUT2D eigenvalue weighted by molar-refractivity contribution is 0.0358. The number of benzene rings is 1. The maximum atomic E-state index is 12.6. The van der Waals surface area contributed by atoms with Crippen LogP contribution in [0.25, 0.3) is 5.69 Å². The third-order valence-electron chi connectivity index (χ3n) is 4.25. The van der Waals surface area contributed by atoms with Crippen molar-refractivity contribution in [3.8, 4) is 5.69 Å². The van der Waals surface area contributed by atoms with Gasteiger partial charge >= 0.3 is 0 Å². The molecule has 0 aliphatic carbocycles. The Morgan fingerprint density at radius 2 is 2.14 bits per heavy atom. The summed E-state index contributed by atoms with van der Waals surface area (Å²) in [4.78, 5) is 14.4. The Hall–Kier alpha value is -2.21. The van der Waals surface area contributed by atoms with Gasteiger partial charge in [-0.15, -0.1) is 5.10 Å². The average molecular weight is 300 g/mol. The maximum absolute atomic E-state index is 12.6. The molecular weight excluding hydrogens is 280 g/mol. The summed E-state index contributed by atoms with van der Waals surface area (Å²) in [7, 11) is 0. The van der Waals surface area contributed by atoms with Crippen LogP contribution in [0.5, 0.6) is 0 Å². The molecule has 0 saturated carbocycles. The molecule has 1 aromatic heterocycles. The lowest BCUT2D eigenvalue weighted by Crippen LogP contribution is -2.46. The summed E-state index contributed by atoms with van der Waals surface area (Å²) in [6.45, 7) is 3.49. The normalized spacial score (nSPS) is 21.8. The molecule has 1 unspecified atom stereocenters. The van der Waals surface area contributed by atoms with Crippen LogP contribution >= 0.6 is 0 Å². The van der Waals surface area contributed by atoms with E-state index in [-0.39, 0.29) is 17.9 Å². The molecule has 2 aromatic rings. The summed E-state index contributed by atoms with van der Waals surface area (Å²) < 4.78 is 1.65. The molecule has 22 heavy (non-hydrogen) atoms. The number of carbonyl (C=O) groups excluding carboxylic acids is 1. The lowest BCUT2D eigenvalue weighted by Gasteiger charge is -2.39. The molecule has 0 spiro atoms. The predicted molar refractivity (Wildman–Crippen MR) is 81.7 cm³/mol. The van der Waals surface area contributed by atoms with E-state index in [1.54, 1.807) is 17.1 Å². The minimum absolute atomic E-state index is 0.0181. The Labute approximate surface area is 129 Å². The van der Waals surface area contributed by atoms with Gasteiger partial charge in [0.05, 0.1) is 24.7 Å². The number of aliphatic hydroxyl groups excluding tert-OH is 1. The highest BCUT2D eigenvalue weighted by molar-refractivity contribution is 5.94. The molecule has 1 amide bonds. The van der Waals surface area contributed by atoms with Crippen LogP contribution in [0.3, 0.4) is 0 Å². The van der Waals surface area contributed by atoms with Gasteiger partial charge in [-0.25, -0.2) is 4.68 Å². The number of hydrogen-bond donors (Lipinski definition) is 1. The zero-order valence-corrected chi connectivity index (χ0v) is 12.6. The van der Waals surface area contributed by atoms with E-state index in [1.165, 1.54) is 0 Å². The standard InChI is InChI=1S/C16H20N4O2/c1-16(12-21)7-2-9-19(11-16)15(22)13-3-5-14(6-4-13)20-10-8-17-18-20/h3-6,8,10,21H,2,7,9,11-12H2,1H3. The van der Waals surface area contributed by atoms with Gasteiger partial charge in [-0.3, -0.25) is 4.79 Å². The fourth-order valence-electron chi connectivity index (χ4n) is 2.90. The van der Waals surface area contributed by atoms with Crippen molar-refractivity contribution >= 4 is 5.91 Å². The number of rotatable bonds is 3. The van der Waals surface area contributed by atoms with Gasteiger partial charge in [0.1, 0.15) is 0 Å². The summed E-state index contributed by atoms with van der Waals surface area (Å²) in [5, 5.41) is 17.2. The number of hydrogen-bond acceptors (Lipinski definition) is 4. The number of nitrogens with zero attached hydrogens (tertiary/aromatic N) is 4. The number of amides is 1. The van der Waals surface area contributed by atoms with Crippen molar-refractivity contribution in [1.82, 2.24) is 19.9 Å². The Morgan fingerprint density at radius 1 is 1.36 bits per heavy atom. The van der Waals surface area contributed by atoms with E-state index >= 15 is 0 Å². The van der Waals surface area contributed by atoms with Crippen LogP contribution in [0, 0.1) is 5.41 Å². The third-order valence-corrected chi connectivity index (χ3v) is 4.25. The summed E-state index contributed by atoms with van der Waals surface area (Å²) in [6, 6.07) is 7.34. The lowest BCUT2D eigenvalue weighted by atomic mass is 9.82. The molecule has 2 heterocycles. The molecule has 1 aromatic carbocycles. The molecule has 1 aliphatic rings. The first kappa shape index (κ1) is 14.7. The minimum atomic E-state index is -0.186. The second-order valence-corrected chi connectivity index (χ2v) is 6.19. The smallest absolute Gasteiger partial charge is 0.253 e. The molecule has 1 N–H and O–H groups in total. The predicted octanol–water partition coefficient (Wildman–Crippen LogP) is 1.50. The van der Waals surface area contributed by atoms with Crippen LogP contribution in [-0.2, 0) is 0 Å².